The zero-order valence-electron chi connectivity index (χ0n) is 10.3. The normalized spacial score (nSPS) is 12.7. The van der Waals surface area contributed by atoms with E-state index in [2.05, 4.69) is 4.74 Å². The van der Waals surface area contributed by atoms with Crippen LogP contribution in [-0.4, -0.2) is 42.8 Å². The smallest absolute Gasteiger partial charge is 0.401 e. The maximum Gasteiger partial charge on any atom is 0.401 e. The molecule has 0 aliphatic carbocycles. The quantitative estimate of drug-likeness (QED) is 0.537. The van der Waals surface area contributed by atoms with E-state index in [0.717, 1.165) is 6.08 Å². The van der Waals surface area contributed by atoms with Crippen molar-refractivity contribution in [2.75, 3.05) is 19.7 Å². The van der Waals surface area contributed by atoms with Crippen LogP contribution in [0.2, 0.25) is 0 Å². The Labute approximate surface area is 99.2 Å². The number of halogens is 3. The van der Waals surface area contributed by atoms with Gasteiger partial charge in [0.25, 0.3) is 0 Å². The maximum absolute atomic E-state index is 12.2. The van der Waals surface area contributed by atoms with Crippen LogP contribution in [0.1, 0.15) is 20.8 Å². The van der Waals surface area contributed by atoms with E-state index in [9.17, 15) is 18.0 Å². The average molecular weight is 253 g/mol. The maximum atomic E-state index is 12.2. The molecule has 0 radical (unpaired) electrons. The summed E-state index contributed by atoms with van der Waals surface area (Å²) in [6.45, 7) is 4.33. The van der Waals surface area contributed by atoms with Gasteiger partial charge in [0.1, 0.15) is 0 Å². The Morgan fingerprint density at radius 2 is 2.00 bits per heavy atom. The topological polar surface area (TPSA) is 29.5 Å². The Balaban J connectivity index is 4.23. The van der Waals surface area contributed by atoms with Crippen molar-refractivity contribution in [3.05, 3.63) is 12.2 Å². The molecule has 0 unspecified atom stereocenters. The largest absolute Gasteiger partial charge is 0.463 e. The molecule has 100 valence electrons. The number of carbonyl (C=O) groups excluding carboxylic acids is 1. The van der Waals surface area contributed by atoms with Crippen LogP contribution < -0.4 is 0 Å². The molecule has 0 amide bonds. The van der Waals surface area contributed by atoms with E-state index < -0.39 is 18.7 Å². The van der Waals surface area contributed by atoms with E-state index in [1.165, 1.54) is 11.0 Å². The fourth-order valence-corrected chi connectivity index (χ4v) is 1.16. The molecule has 0 bridgehead atoms. The highest BCUT2D eigenvalue weighted by atomic mass is 19.4. The molecule has 0 aromatic heterocycles. The predicted molar refractivity (Wildman–Crippen MR) is 58.5 cm³/mol. The molecule has 0 fully saturated rings. The van der Waals surface area contributed by atoms with Crippen molar-refractivity contribution in [1.82, 2.24) is 4.90 Å². The summed E-state index contributed by atoms with van der Waals surface area (Å²) in [5.41, 5.74) is 0. The zero-order valence-corrected chi connectivity index (χ0v) is 10.3. The van der Waals surface area contributed by atoms with Gasteiger partial charge in [-0.15, -0.1) is 0 Å². The van der Waals surface area contributed by atoms with Gasteiger partial charge < -0.3 is 4.74 Å². The third-order valence-corrected chi connectivity index (χ3v) is 1.99. The third-order valence-electron chi connectivity index (χ3n) is 1.99. The van der Waals surface area contributed by atoms with Crippen LogP contribution in [0.15, 0.2) is 12.2 Å². The monoisotopic (exact) mass is 253 g/mol. The van der Waals surface area contributed by atoms with Crippen molar-refractivity contribution >= 4 is 5.97 Å². The highest BCUT2D eigenvalue weighted by Crippen LogP contribution is 2.17. The van der Waals surface area contributed by atoms with Crippen LogP contribution >= 0.6 is 0 Å². The average Bonchev–Trinajstić information content (AvgIpc) is 2.14. The SMILES string of the molecule is CCOC(=O)/C=C/CN(CC(F)(F)F)C(C)C. The van der Waals surface area contributed by atoms with Crippen molar-refractivity contribution < 1.29 is 22.7 Å². The van der Waals surface area contributed by atoms with Crippen LogP contribution in [0.5, 0.6) is 0 Å². The standard InChI is InChI=1S/C11H18F3NO2/c1-4-17-10(16)6-5-7-15(9(2)3)8-11(12,13)14/h5-6,9H,4,7-8H2,1-3H3/b6-5+. The molecule has 0 spiro atoms. The minimum Gasteiger partial charge on any atom is -0.463 e. The van der Waals surface area contributed by atoms with E-state index >= 15 is 0 Å². The Kier molecular flexibility index (Phi) is 6.87. The van der Waals surface area contributed by atoms with Crippen molar-refractivity contribution in [3.8, 4) is 0 Å². The van der Waals surface area contributed by atoms with Crippen LogP contribution in [-0.2, 0) is 9.53 Å². The molecule has 6 heteroatoms. The number of nitrogens with zero attached hydrogens (tertiary/aromatic N) is 1. The van der Waals surface area contributed by atoms with Crippen molar-refractivity contribution in [1.29, 1.82) is 0 Å². The molecule has 0 aliphatic heterocycles. The van der Waals surface area contributed by atoms with Gasteiger partial charge in [0.05, 0.1) is 13.2 Å². The second kappa shape index (κ2) is 7.32. The number of hydrogen-bond acceptors (Lipinski definition) is 3. The number of carbonyl (C=O) groups is 1. The van der Waals surface area contributed by atoms with E-state index in [-0.39, 0.29) is 19.2 Å². The summed E-state index contributed by atoms with van der Waals surface area (Å²) in [4.78, 5) is 12.1. The van der Waals surface area contributed by atoms with E-state index in [4.69, 9.17) is 0 Å². The second-order valence-corrected chi connectivity index (χ2v) is 3.79. The Hall–Kier alpha value is -1.04. The van der Waals surface area contributed by atoms with Gasteiger partial charge in [0, 0.05) is 18.7 Å². The molecule has 0 atom stereocenters. The molecular formula is C11H18F3NO2. The molecule has 17 heavy (non-hydrogen) atoms. The summed E-state index contributed by atoms with van der Waals surface area (Å²) in [6, 6.07) is -0.247. The lowest BCUT2D eigenvalue weighted by Gasteiger charge is -2.25. The van der Waals surface area contributed by atoms with Crippen LogP contribution in [0.25, 0.3) is 0 Å². The Morgan fingerprint density at radius 3 is 2.41 bits per heavy atom. The highest BCUT2D eigenvalue weighted by molar-refractivity contribution is 5.81. The van der Waals surface area contributed by atoms with Gasteiger partial charge in [0.15, 0.2) is 0 Å². The molecule has 0 aromatic carbocycles. The molecule has 3 nitrogen and oxygen atoms in total. The minimum atomic E-state index is -4.23. The zero-order chi connectivity index (χ0) is 13.5. The summed E-state index contributed by atoms with van der Waals surface area (Å²) in [7, 11) is 0. The fraction of sp³-hybridized carbons (Fsp3) is 0.727. The summed E-state index contributed by atoms with van der Waals surface area (Å²) >= 11 is 0. The summed E-state index contributed by atoms with van der Waals surface area (Å²) in [5.74, 6) is -0.539. The molecule has 0 heterocycles. The lowest BCUT2D eigenvalue weighted by Crippen LogP contribution is -2.39. The van der Waals surface area contributed by atoms with E-state index in [1.54, 1.807) is 20.8 Å². The van der Waals surface area contributed by atoms with Crippen LogP contribution in [0.4, 0.5) is 13.2 Å². The predicted octanol–water partition coefficient (Wildman–Crippen LogP) is 2.38. The molecule has 0 N–H and O–H groups in total. The van der Waals surface area contributed by atoms with E-state index in [1.807, 2.05) is 0 Å². The van der Waals surface area contributed by atoms with Crippen molar-refractivity contribution in [3.63, 3.8) is 0 Å². The lowest BCUT2D eigenvalue weighted by atomic mass is 10.3. The van der Waals surface area contributed by atoms with Gasteiger partial charge in [-0.05, 0) is 20.8 Å². The number of alkyl halides is 3. The van der Waals surface area contributed by atoms with Crippen molar-refractivity contribution in [2.24, 2.45) is 0 Å². The number of esters is 1. The van der Waals surface area contributed by atoms with Gasteiger partial charge in [-0.25, -0.2) is 4.79 Å². The van der Waals surface area contributed by atoms with Gasteiger partial charge in [-0.2, -0.15) is 13.2 Å². The molecule has 0 saturated carbocycles. The second-order valence-electron chi connectivity index (χ2n) is 3.79. The van der Waals surface area contributed by atoms with Gasteiger partial charge >= 0.3 is 12.1 Å². The fourth-order valence-electron chi connectivity index (χ4n) is 1.16. The number of rotatable bonds is 6. The van der Waals surface area contributed by atoms with Gasteiger partial charge in [-0.3, -0.25) is 4.90 Å². The first kappa shape index (κ1) is 16.0. The van der Waals surface area contributed by atoms with Crippen molar-refractivity contribution in [2.45, 2.75) is 33.0 Å². The highest BCUT2D eigenvalue weighted by Gasteiger charge is 2.31. The van der Waals surface area contributed by atoms with Crippen LogP contribution in [0, 0.1) is 0 Å². The molecule has 0 aromatic rings. The Bertz CT molecular complexity index is 262. The first-order valence-electron chi connectivity index (χ1n) is 5.40. The van der Waals surface area contributed by atoms with Gasteiger partial charge in [-0.1, -0.05) is 6.08 Å². The lowest BCUT2D eigenvalue weighted by molar-refractivity contribution is -0.148. The van der Waals surface area contributed by atoms with E-state index in [0.29, 0.717) is 0 Å². The molecule has 0 rings (SSSR count). The Morgan fingerprint density at radius 1 is 1.41 bits per heavy atom. The summed E-state index contributed by atoms with van der Waals surface area (Å²) in [6.07, 6.45) is -1.71. The number of ether oxygens (including phenoxy) is 1. The van der Waals surface area contributed by atoms with Gasteiger partial charge in [0.2, 0.25) is 0 Å². The van der Waals surface area contributed by atoms with Crippen LogP contribution in [0.3, 0.4) is 0 Å². The molecule has 0 saturated heterocycles. The third kappa shape index (κ3) is 8.74. The first-order chi connectivity index (χ1) is 7.76. The first-order valence-corrected chi connectivity index (χ1v) is 5.40. The summed E-state index contributed by atoms with van der Waals surface area (Å²) < 4.78 is 41.3. The molecule has 0 aliphatic rings. The minimum absolute atomic E-state index is 0.0655. The summed E-state index contributed by atoms with van der Waals surface area (Å²) in [5, 5.41) is 0. The molecular weight excluding hydrogens is 235 g/mol. The number of hydrogen-bond donors (Lipinski definition) is 0.